The zero-order valence-electron chi connectivity index (χ0n) is 8.46. The third-order valence-corrected chi connectivity index (χ3v) is 2.51. The average molecular weight is 316 g/mol. The van der Waals surface area contributed by atoms with Gasteiger partial charge in [0.25, 0.3) is 5.56 Å². The van der Waals surface area contributed by atoms with Gasteiger partial charge in [-0.05, 0) is 15.9 Å². The molecule has 1 rings (SSSR count). The van der Waals surface area contributed by atoms with Gasteiger partial charge in [-0.2, -0.15) is 18.3 Å². The second-order valence-corrected chi connectivity index (χ2v) is 3.89. The van der Waals surface area contributed by atoms with Gasteiger partial charge in [0.15, 0.2) is 0 Å². The molecule has 96 valence electrons. The minimum atomic E-state index is -4.50. The lowest BCUT2D eigenvalue weighted by Crippen LogP contribution is -2.31. The summed E-state index contributed by atoms with van der Waals surface area (Å²) in [5.41, 5.74) is -0.646. The molecule has 0 aliphatic carbocycles. The lowest BCUT2D eigenvalue weighted by molar-refractivity contribution is -0.143. The van der Waals surface area contributed by atoms with Crippen molar-refractivity contribution in [3.63, 3.8) is 0 Å². The van der Waals surface area contributed by atoms with Gasteiger partial charge >= 0.3 is 6.18 Å². The van der Waals surface area contributed by atoms with Crippen LogP contribution < -0.4 is 10.9 Å². The fourth-order valence-electron chi connectivity index (χ4n) is 1.06. The van der Waals surface area contributed by atoms with Crippen LogP contribution in [-0.4, -0.2) is 34.2 Å². The molecule has 17 heavy (non-hydrogen) atoms. The molecule has 0 radical (unpaired) electrons. The van der Waals surface area contributed by atoms with Crippen LogP contribution in [0, 0.1) is 0 Å². The van der Waals surface area contributed by atoms with Gasteiger partial charge in [0.2, 0.25) is 0 Å². The first kappa shape index (κ1) is 14.0. The summed E-state index contributed by atoms with van der Waals surface area (Å²) in [4.78, 5) is 11.5. The van der Waals surface area contributed by atoms with Crippen LogP contribution in [0.2, 0.25) is 0 Å². The van der Waals surface area contributed by atoms with Crippen molar-refractivity contribution < 1.29 is 18.3 Å². The number of alkyl halides is 3. The summed E-state index contributed by atoms with van der Waals surface area (Å²) in [6, 6.07) is 0. The van der Waals surface area contributed by atoms with E-state index in [1.165, 1.54) is 0 Å². The maximum absolute atomic E-state index is 12.1. The Bertz CT molecular complexity index is 447. The van der Waals surface area contributed by atoms with E-state index in [2.05, 4.69) is 26.3 Å². The van der Waals surface area contributed by atoms with Crippen molar-refractivity contribution in [2.24, 2.45) is 0 Å². The average Bonchev–Trinajstić information content (AvgIpc) is 2.22. The minimum absolute atomic E-state index is 0.0507. The summed E-state index contributed by atoms with van der Waals surface area (Å²) in [5, 5.41) is 14.6. The van der Waals surface area contributed by atoms with Gasteiger partial charge in [-0.15, -0.1) is 0 Å². The molecule has 0 bridgehead atoms. The molecule has 0 spiro atoms. The van der Waals surface area contributed by atoms with E-state index < -0.39 is 18.3 Å². The number of halogens is 4. The van der Waals surface area contributed by atoms with Gasteiger partial charge in [-0.25, -0.2) is 4.68 Å². The van der Waals surface area contributed by atoms with Gasteiger partial charge in [0.05, 0.1) is 18.5 Å². The van der Waals surface area contributed by atoms with Gasteiger partial charge in [0.1, 0.15) is 11.0 Å². The second kappa shape index (κ2) is 5.50. The number of aliphatic hydroxyl groups excluding tert-OH is 1. The Kier molecular flexibility index (Phi) is 4.52. The van der Waals surface area contributed by atoms with Crippen LogP contribution in [-0.2, 0) is 6.54 Å². The van der Waals surface area contributed by atoms with Crippen LogP contribution in [0.4, 0.5) is 18.9 Å². The van der Waals surface area contributed by atoms with Crippen molar-refractivity contribution in [3.8, 4) is 0 Å². The molecule has 0 aliphatic heterocycles. The Morgan fingerprint density at radius 1 is 1.53 bits per heavy atom. The summed E-state index contributed by atoms with van der Waals surface area (Å²) in [6.45, 7) is -1.44. The molecular formula is C8H9BrF3N3O2. The molecule has 0 aliphatic rings. The van der Waals surface area contributed by atoms with Crippen LogP contribution in [0.5, 0.6) is 0 Å². The summed E-state index contributed by atoms with van der Waals surface area (Å²) < 4.78 is 36.5. The molecule has 0 atom stereocenters. The van der Waals surface area contributed by atoms with E-state index in [9.17, 15) is 18.0 Å². The Labute approximate surface area is 102 Å². The lowest BCUT2D eigenvalue weighted by Gasteiger charge is -2.11. The maximum Gasteiger partial charge on any atom is 0.408 e. The molecule has 0 amide bonds. The SMILES string of the molecule is O=c1c(Br)c(NCCO)cnn1CC(F)(F)F. The molecule has 2 N–H and O–H groups in total. The topological polar surface area (TPSA) is 67.2 Å². The smallest absolute Gasteiger partial charge is 0.395 e. The largest absolute Gasteiger partial charge is 0.408 e. The van der Waals surface area contributed by atoms with Crippen molar-refractivity contribution in [2.75, 3.05) is 18.5 Å². The van der Waals surface area contributed by atoms with Crippen LogP contribution in [0.1, 0.15) is 0 Å². The van der Waals surface area contributed by atoms with Crippen LogP contribution in [0.3, 0.4) is 0 Å². The van der Waals surface area contributed by atoms with Crippen LogP contribution >= 0.6 is 15.9 Å². The minimum Gasteiger partial charge on any atom is -0.395 e. The first-order valence-corrected chi connectivity index (χ1v) is 5.31. The highest BCUT2D eigenvalue weighted by Gasteiger charge is 2.29. The first-order chi connectivity index (χ1) is 7.85. The van der Waals surface area contributed by atoms with Crippen LogP contribution in [0.25, 0.3) is 0 Å². The highest BCUT2D eigenvalue weighted by molar-refractivity contribution is 9.10. The number of nitrogens with zero attached hydrogens (tertiary/aromatic N) is 2. The van der Waals surface area contributed by atoms with Crippen molar-refractivity contribution in [1.29, 1.82) is 0 Å². The monoisotopic (exact) mass is 315 g/mol. The second-order valence-electron chi connectivity index (χ2n) is 3.10. The predicted octanol–water partition coefficient (Wildman–Crippen LogP) is 0.972. The summed E-state index contributed by atoms with van der Waals surface area (Å²) in [7, 11) is 0. The number of nitrogens with one attached hydrogen (secondary N) is 1. The fraction of sp³-hybridized carbons (Fsp3) is 0.500. The summed E-state index contributed by atoms with van der Waals surface area (Å²) >= 11 is 2.88. The van der Waals surface area contributed by atoms with E-state index in [4.69, 9.17) is 5.11 Å². The van der Waals surface area contributed by atoms with Crippen LogP contribution in [0.15, 0.2) is 15.5 Å². The van der Waals surface area contributed by atoms with Gasteiger partial charge in [0, 0.05) is 6.54 Å². The molecule has 1 aromatic rings. The van der Waals surface area contributed by atoms with E-state index in [0.29, 0.717) is 4.68 Å². The molecular weight excluding hydrogens is 307 g/mol. The van der Waals surface area contributed by atoms with Crippen molar-refractivity contribution >= 4 is 21.6 Å². The zero-order valence-corrected chi connectivity index (χ0v) is 10.0. The maximum atomic E-state index is 12.1. The molecule has 5 nitrogen and oxygen atoms in total. The number of hydrogen-bond donors (Lipinski definition) is 2. The number of aliphatic hydroxyl groups is 1. The fourth-order valence-corrected chi connectivity index (χ4v) is 1.51. The molecule has 0 unspecified atom stereocenters. The van der Waals surface area contributed by atoms with Crippen molar-refractivity contribution in [1.82, 2.24) is 9.78 Å². The lowest BCUT2D eigenvalue weighted by atomic mass is 10.4. The van der Waals surface area contributed by atoms with E-state index in [0.717, 1.165) is 6.20 Å². The normalized spacial score (nSPS) is 11.6. The van der Waals surface area contributed by atoms with Gasteiger partial charge in [-0.1, -0.05) is 0 Å². The van der Waals surface area contributed by atoms with Crippen molar-refractivity contribution in [2.45, 2.75) is 12.7 Å². The summed E-state index contributed by atoms with van der Waals surface area (Å²) in [5.74, 6) is 0. The Hall–Kier alpha value is -1.09. The van der Waals surface area contributed by atoms with Crippen molar-refractivity contribution in [3.05, 3.63) is 21.0 Å². The third-order valence-electron chi connectivity index (χ3n) is 1.74. The molecule has 1 aromatic heterocycles. The Morgan fingerprint density at radius 2 is 2.18 bits per heavy atom. The number of aromatic nitrogens is 2. The summed E-state index contributed by atoms with van der Waals surface area (Å²) in [6.07, 6.45) is -3.41. The molecule has 9 heteroatoms. The molecule has 0 saturated heterocycles. The third kappa shape index (κ3) is 4.00. The van der Waals surface area contributed by atoms with Gasteiger partial charge < -0.3 is 10.4 Å². The highest BCUT2D eigenvalue weighted by atomic mass is 79.9. The van der Waals surface area contributed by atoms with E-state index in [1.54, 1.807) is 0 Å². The van der Waals surface area contributed by atoms with E-state index >= 15 is 0 Å². The molecule has 0 fully saturated rings. The molecule has 0 aromatic carbocycles. The predicted molar refractivity (Wildman–Crippen MR) is 57.8 cm³/mol. The number of anilines is 1. The standard InChI is InChI=1S/C8H9BrF3N3O2/c9-6-5(13-1-2-16)3-14-15(7(6)17)4-8(10,11)12/h3,13,16H,1-2,4H2. The van der Waals surface area contributed by atoms with E-state index in [1.807, 2.05) is 0 Å². The number of rotatable bonds is 4. The highest BCUT2D eigenvalue weighted by Crippen LogP contribution is 2.19. The molecule has 1 heterocycles. The quantitative estimate of drug-likeness (QED) is 0.869. The first-order valence-electron chi connectivity index (χ1n) is 4.52. The van der Waals surface area contributed by atoms with E-state index in [-0.39, 0.29) is 23.3 Å². The number of hydrogen-bond acceptors (Lipinski definition) is 4. The Balaban J connectivity index is 2.99. The zero-order chi connectivity index (χ0) is 13.1. The molecule has 0 saturated carbocycles. The van der Waals surface area contributed by atoms with Gasteiger partial charge in [-0.3, -0.25) is 4.79 Å². The Morgan fingerprint density at radius 3 is 2.71 bits per heavy atom.